The van der Waals surface area contributed by atoms with Gasteiger partial charge in [-0.05, 0) is 66.1 Å². The first-order valence-electron chi connectivity index (χ1n) is 9.13. The Morgan fingerprint density at radius 2 is 1.64 bits per heavy atom. The van der Waals surface area contributed by atoms with Crippen LogP contribution in [0.5, 0.6) is 0 Å². The first-order chi connectivity index (χ1) is 13.6. The van der Waals surface area contributed by atoms with Crippen LogP contribution in [0.25, 0.3) is 28.1 Å². The van der Waals surface area contributed by atoms with E-state index in [-0.39, 0.29) is 5.82 Å². The van der Waals surface area contributed by atoms with E-state index in [9.17, 15) is 9.65 Å². The fourth-order valence-corrected chi connectivity index (χ4v) is 3.63. The van der Waals surface area contributed by atoms with Crippen LogP contribution in [0.3, 0.4) is 0 Å². The molecule has 4 aromatic rings. The zero-order valence-corrected chi connectivity index (χ0v) is 15.8. The minimum absolute atomic E-state index is 0.269. The SMILES string of the molecule is Cc1cc(/C=C(/C#N)c2ccc3ccccc3c2)c(C)n1-c1ccccc1F. The molecule has 0 unspecified atom stereocenters. The van der Waals surface area contributed by atoms with Gasteiger partial charge in [-0.3, -0.25) is 0 Å². The maximum absolute atomic E-state index is 14.3. The molecule has 3 heteroatoms. The molecule has 1 heterocycles. The summed E-state index contributed by atoms with van der Waals surface area (Å²) in [6.45, 7) is 3.89. The smallest absolute Gasteiger partial charge is 0.147 e. The van der Waals surface area contributed by atoms with Gasteiger partial charge in [0.2, 0.25) is 0 Å². The lowest BCUT2D eigenvalue weighted by Gasteiger charge is -2.10. The van der Waals surface area contributed by atoms with Crippen molar-refractivity contribution in [3.63, 3.8) is 0 Å². The molecule has 0 atom stereocenters. The number of nitrogens with zero attached hydrogens (tertiary/aromatic N) is 2. The molecule has 136 valence electrons. The van der Waals surface area contributed by atoms with E-state index in [1.807, 2.05) is 73.0 Å². The predicted molar refractivity (Wildman–Crippen MR) is 113 cm³/mol. The Morgan fingerprint density at radius 3 is 2.39 bits per heavy atom. The molecule has 28 heavy (non-hydrogen) atoms. The molecule has 1 aromatic heterocycles. The second kappa shape index (κ2) is 7.17. The van der Waals surface area contributed by atoms with Gasteiger partial charge in [0.1, 0.15) is 5.82 Å². The van der Waals surface area contributed by atoms with E-state index in [1.165, 1.54) is 6.07 Å². The number of aryl methyl sites for hydroxylation is 1. The molecule has 0 fully saturated rings. The van der Waals surface area contributed by atoms with Crippen LogP contribution in [-0.4, -0.2) is 4.57 Å². The monoisotopic (exact) mass is 366 g/mol. The van der Waals surface area contributed by atoms with Crippen molar-refractivity contribution in [3.8, 4) is 11.8 Å². The maximum atomic E-state index is 14.3. The first kappa shape index (κ1) is 17.8. The summed E-state index contributed by atoms with van der Waals surface area (Å²) in [5, 5.41) is 12.0. The zero-order chi connectivity index (χ0) is 19.7. The second-order valence-electron chi connectivity index (χ2n) is 6.85. The number of para-hydroxylation sites is 1. The summed E-state index contributed by atoms with van der Waals surface area (Å²) in [6.07, 6.45) is 1.88. The van der Waals surface area contributed by atoms with Gasteiger partial charge in [-0.2, -0.15) is 5.26 Å². The number of aromatic nitrogens is 1. The highest BCUT2D eigenvalue weighted by atomic mass is 19.1. The fraction of sp³-hybridized carbons (Fsp3) is 0.0800. The molecule has 0 bridgehead atoms. The maximum Gasteiger partial charge on any atom is 0.147 e. The normalized spacial score (nSPS) is 11.6. The molecule has 4 rings (SSSR count). The number of nitriles is 1. The number of hydrogen-bond donors (Lipinski definition) is 0. The van der Waals surface area contributed by atoms with Crippen molar-refractivity contribution in [1.82, 2.24) is 4.57 Å². The minimum Gasteiger partial charge on any atom is -0.315 e. The van der Waals surface area contributed by atoms with Gasteiger partial charge in [0, 0.05) is 11.4 Å². The summed E-state index contributed by atoms with van der Waals surface area (Å²) in [4.78, 5) is 0. The van der Waals surface area contributed by atoms with Crippen LogP contribution in [0.4, 0.5) is 4.39 Å². The first-order valence-corrected chi connectivity index (χ1v) is 9.13. The van der Waals surface area contributed by atoms with Crippen molar-refractivity contribution in [2.75, 3.05) is 0 Å². The predicted octanol–water partition coefficient (Wildman–Crippen LogP) is 6.45. The summed E-state index contributed by atoms with van der Waals surface area (Å²) in [5.41, 5.74) is 4.70. The third-order valence-corrected chi connectivity index (χ3v) is 5.04. The Morgan fingerprint density at radius 1 is 0.929 bits per heavy atom. The molecule has 0 aliphatic heterocycles. The minimum atomic E-state index is -0.269. The summed E-state index contributed by atoms with van der Waals surface area (Å²) < 4.78 is 16.2. The van der Waals surface area contributed by atoms with E-state index in [4.69, 9.17) is 0 Å². The Bertz CT molecular complexity index is 1260. The quantitative estimate of drug-likeness (QED) is 0.383. The molecule has 3 aromatic carbocycles. The van der Waals surface area contributed by atoms with Gasteiger partial charge in [-0.15, -0.1) is 0 Å². The largest absolute Gasteiger partial charge is 0.315 e. The van der Waals surface area contributed by atoms with Crippen molar-refractivity contribution in [1.29, 1.82) is 5.26 Å². The van der Waals surface area contributed by atoms with Crippen LogP contribution in [0.2, 0.25) is 0 Å². The van der Waals surface area contributed by atoms with Gasteiger partial charge < -0.3 is 4.57 Å². The third-order valence-electron chi connectivity index (χ3n) is 5.04. The molecule has 0 saturated carbocycles. The highest BCUT2D eigenvalue weighted by Gasteiger charge is 2.13. The van der Waals surface area contributed by atoms with Crippen LogP contribution < -0.4 is 0 Å². The summed E-state index contributed by atoms with van der Waals surface area (Å²) in [6, 6.07) is 25.1. The van der Waals surface area contributed by atoms with Gasteiger partial charge in [0.25, 0.3) is 0 Å². The average molecular weight is 366 g/mol. The molecule has 0 aliphatic rings. The van der Waals surface area contributed by atoms with E-state index in [0.29, 0.717) is 11.3 Å². The average Bonchev–Trinajstić information content (AvgIpc) is 2.99. The molecule has 0 saturated heterocycles. The van der Waals surface area contributed by atoms with Crippen LogP contribution in [0.1, 0.15) is 22.5 Å². The number of fused-ring (bicyclic) bond motifs is 1. The standard InChI is InChI=1S/C25H19FN2/c1-17-13-22(18(2)28(17)25-10-6-5-9-24(25)26)15-23(16-27)21-12-11-19-7-3-4-8-20(19)14-21/h3-15H,1-2H3/b23-15-. The second-order valence-corrected chi connectivity index (χ2v) is 6.85. The van der Waals surface area contributed by atoms with E-state index < -0.39 is 0 Å². The van der Waals surface area contributed by atoms with Crippen molar-refractivity contribution in [3.05, 3.63) is 101 Å². The fourth-order valence-electron chi connectivity index (χ4n) is 3.63. The number of hydrogen-bond acceptors (Lipinski definition) is 1. The molecule has 0 aliphatic carbocycles. The van der Waals surface area contributed by atoms with Crippen molar-refractivity contribution in [2.24, 2.45) is 0 Å². The van der Waals surface area contributed by atoms with Gasteiger partial charge >= 0.3 is 0 Å². The van der Waals surface area contributed by atoms with Gasteiger partial charge in [0.05, 0.1) is 17.3 Å². The Labute approximate surface area is 163 Å². The number of halogens is 1. The molecular formula is C25H19FN2. The van der Waals surface area contributed by atoms with E-state index >= 15 is 0 Å². The molecule has 0 N–H and O–H groups in total. The molecule has 0 spiro atoms. The van der Waals surface area contributed by atoms with Crippen LogP contribution in [-0.2, 0) is 0 Å². The van der Waals surface area contributed by atoms with Crippen LogP contribution in [0, 0.1) is 31.0 Å². The highest BCUT2D eigenvalue weighted by Crippen LogP contribution is 2.27. The summed E-state index contributed by atoms with van der Waals surface area (Å²) >= 11 is 0. The van der Waals surface area contributed by atoms with Gasteiger partial charge in [0.15, 0.2) is 0 Å². The topological polar surface area (TPSA) is 28.7 Å². The lowest BCUT2D eigenvalue weighted by molar-refractivity contribution is 0.616. The van der Waals surface area contributed by atoms with Gasteiger partial charge in [-0.1, -0.05) is 48.5 Å². The van der Waals surface area contributed by atoms with E-state index in [2.05, 4.69) is 12.1 Å². The molecule has 0 radical (unpaired) electrons. The van der Waals surface area contributed by atoms with E-state index in [0.717, 1.165) is 33.3 Å². The molecule has 0 amide bonds. The van der Waals surface area contributed by atoms with Crippen molar-refractivity contribution < 1.29 is 4.39 Å². The highest BCUT2D eigenvalue weighted by molar-refractivity contribution is 5.94. The number of allylic oxidation sites excluding steroid dienone is 1. The Hall–Kier alpha value is -3.64. The molecular weight excluding hydrogens is 347 g/mol. The third kappa shape index (κ3) is 3.10. The van der Waals surface area contributed by atoms with Crippen molar-refractivity contribution in [2.45, 2.75) is 13.8 Å². The van der Waals surface area contributed by atoms with Crippen LogP contribution >= 0.6 is 0 Å². The lowest BCUT2D eigenvalue weighted by Crippen LogP contribution is -2.01. The zero-order valence-electron chi connectivity index (χ0n) is 15.8. The van der Waals surface area contributed by atoms with E-state index in [1.54, 1.807) is 12.1 Å². The van der Waals surface area contributed by atoms with Crippen molar-refractivity contribution >= 4 is 22.4 Å². The Kier molecular flexibility index (Phi) is 4.55. The van der Waals surface area contributed by atoms with Crippen LogP contribution in [0.15, 0.2) is 72.8 Å². The summed E-state index contributed by atoms with van der Waals surface area (Å²) in [5.74, 6) is -0.269. The number of benzene rings is 3. The van der Waals surface area contributed by atoms with Gasteiger partial charge in [-0.25, -0.2) is 4.39 Å². The Balaban J connectivity index is 1.82. The molecule has 2 nitrogen and oxygen atoms in total. The number of rotatable bonds is 3. The lowest BCUT2D eigenvalue weighted by atomic mass is 10.0. The summed E-state index contributed by atoms with van der Waals surface area (Å²) in [7, 11) is 0.